The van der Waals surface area contributed by atoms with Crippen molar-refractivity contribution in [2.75, 3.05) is 18.4 Å². The molecule has 1 aromatic carbocycles. The summed E-state index contributed by atoms with van der Waals surface area (Å²) in [5, 5.41) is 8.02. The average Bonchev–Trinajstić information content (AvgIpc) is 2.67. The highest BCUT2D eigenvalue weighted by Gasteiger charge is 2.07. The Morgan fingerprint density at radius 1 is 1.04 bits per heavy atom. The first kappa shape index (κ1) is 20.8. The molecule has 0 aliphatic heterocycles. The average molecular weight is 385 g/mol. The molecular weight excluding hydrogens is 362 g/mol. The Hall–Kier alpha value is -3.49. The van der Waals surface area contributed by atoms with Crippen LogP contribution >= 0.6 is 0 Å². The molecule has 0 unspecified atom stereocenters. The number of rotatable bonds is 8. The van der Waals surface area contributed by atoms with E-state index >= 15 is 0 Å². The van der Waals surface area contributed by atoms with Crippen molar-refractivity contribution >= 4 is 23.4 Å². The van der Waals surface area contributed by atoms with Gasteiger partial charge in [-0.05, 0) is 31.2 Å². The fourth-order valence-electron chi connectivity index (χ4n) is 2.28. The van der Waals surface area contributed by atoms with Crippen molar-refractivity contribution in [3.8, 4) is 0 Å². The van der Waals surface area contributed by atoms with Crippen LogP contribution in [0.3, 0.4) is 0 Å². The van der Waals surface area contributed by atoms with Gasteiger partial charge in [-0.2, -0.15) is 0 Å². The van der Waals surface area contributed by atoms with Crippen LogP contribution in [0.4, 0.5) is 5.69 Å². The SMILES string of the molecule is CCC(=O)Nc1ccc(C(=O)NCCNC(=O)Cn2cnc(C)cc2=O)cc1. The van der Waals surface area contributed by atoms with E-state index in [1.165, 1.54) is 17.0 Å². The van der Waals surface area contributed by atoms with Gasteiger partial charge in [-0.15, -0.1) is 0 Å². The largest absolute Gasteiger partial charge is 0.353 e. The Morgan fingerprint density at radius 2 is 1.71 bits per heavy atom. The van der Waals surface area contributed by atoms with Gasteiger partial charge < -0.3 is 16.0 Å². The highest BCUT2D eigenvalue weighted by molar-refractivity contribution is 5.95. The summed E-state index contributed by atoms with van der Waals surface area (Å²) in [6.07, 6.45) is 1.70. The molecule has 3 amide bonds. The standard InChI is InChI=1S/C19H23N5O4/c1-3-16(25)23-15-6-4-14(5-7-15)19(28)21-9-8-20-17(26)11-24-12-22-13(2)10-18(24)27/h4-7,10,12H,3,8-9,11H2,1-2H3,(H,20,26)(H,21,28)(H,23,25). The number of anilines is 1. The smallest absolute Gasteiger partial charge is 0.253 e. The maximum absolute atomic E-state index is 12.1. The van der Waals surface area contributed by atoms with Crippen molar-refractivity contribution in [2.45, 2.75) is 26.8 Å². The second-order valence-electron chi connectivity index (χ2n) is 6.08. The second kappa shape index (κ2) is 10.0. The molecule has 0 saturated heterocycles. The van der Waals surface area contributed by atoms with Crippen LogP contribution in [0, 0.1) is 6.92 Å². The fourth-order valence-corrected chi connectivity index (χ4v) is 2.28. The highest BCUT2D eigenvalue weighted by Crippen LogP contribution is 2.09. The van der Waals surface area contributed by atoms with Crippen molar-refractivity contribution in [3.63, 3.8) is 0 Å². The number of nitrogens with zero attached hydrogens (tertiary/aromatic N) is 2. The molecule has 0 fully saturated rings. The summed E-state index contributed by atoms with van der Waals surface area (Å²) in [5.74, 6) is -0.740. The predicted octanol–water partition coefficient (Wildman–Crippen LogP) is 0.446. The minimum Gasteiger partial charge on any atom is -0.353 e. The molecule has 0 spiro atoms. The zero-order chi connectivity index (χ0) is 20.5. The van der Waals surface area contributed by atoms with Crippen LogP contribution in [0.2, 0.25) is 0 Å². The molecule has 2 aromatic rings. The monoisotopic (exact) mass is 385 g/mol. The molecule has 3 N–H and O–H groups in total. The van der Waals surface area contributed by atoms with Crippen molar-refractivity contribution in [1.29, 1.82) is 0 Å². The van der Waals surface area contributed by atoms with Crippen molar-refractivity contribution in [2.24, 2.45) is 0 Å². The first-order valence-electron chi connectivity index (χ1n) is 8.87. The van der Waals surface area contributed by atoms with Crippen LogP contribution in [0.5, 0.6) is 0 Å². The number of benzene rings is 1. The Bertz CT molecular complexity index is 905. The summed E-state index contributed by atoms with van der Waals surface area (Å²) in [4.78, 5) is 51.0. The normalized spacial score (nSPS) is 10.2. The first-order valence-corrected chi connectivity index (χ1v) is 8.87. The summed E-state index contributed by atoms with van der Waals surface area (Å²) in [7, 11) is 0. The summed E-state index contributed by atoms with van der Waals surface area (Å²) in [5.41, 5.74) is 1.36. The lowest BCUT2D eigenvalue weighted by Crippen LogP contribution is -2.37. The van der Waals surface area contributed by atoms with Gasteiger partial charge in [-0.25, -0.2) is 4.98 Å². The van der Waals surface area contributed by atoms with Gasteiger partial charge in [0.15, 0.2) is 0 Å². The number of amides is 3. The zero-order valence-electron chi connectivity index (χ0n) is 15.8. The van der Waals surface area contributed by atoms with Crippen LogP contribution < -0.4 is 21.5 Å². The van der Waals surface area contributed by atoms with E-state index in [0.29, 0.717) is 23.4 Å². The summed E-state index contributed by atoms with van der Waals surface area (Å²) in [6, 6.07) is 7.87. The van der Waals surface area contributed by atoms with E-state index in [1.807, 2.05) is 0 Å². The molecule has 0 aliphatic carbocycles. The summed E-state index contributed by atoms with van der Waals surface area (Å²) >= 11 is 0. The van der Waals surface area contributed by atoms with E-state index in [1.54, 1.807) is 38.1 Å². The van der Waals surface area contributed by atoms with E-state index in [4.69, 9.17) is 0 Å². The van der Waals surface area contributed by atoms with Gasteiger partial charge in [0, 0.05) is 42.5 Å². The number of nitrogens with one attached hydrogen (secondary N) is 3. The molecule has 9 heteroatoms. The molecule has 1 aromatic heterocycles. The van der Waals surface area contributed by atoms with E-state index in [-0.39, 0.29) is 42.9 Å². The van der Waals surface area contributed by atoms with E-state index in [2.05, 4.69) is 20.9 Å². The number of aryl methyl sites for hydroxylation is 1. The number of aromatic nitrogens is 2. The molecule has 0 bridgehead atoms. The Kier molecular flexibility index (Phi) is 7.44. The van der Waals surface area contributed by atoms with Crippen molar-refractivity contribution in [1.82, 2.24) is 20.2 Å². The quantitative estimate of drug-likeness (QED) is 0.570. The Labute approximate surface area is 162 Å². The van der Waals surface area contributed by atoms with Crippen molar-refractivity contribution in [3.05, 3.63) is 58.3 Å². The molecule has 0 aliphatic rings. The predicted molar refractivity (Wildman–Crippen MR) is 104 cm³/mol. The molecule has 148 valence electrons. The van der Waals surface area contributed by atoms with Crippen LogP contribution in [0.1, 0.15) is 29.4 Å². The molecular formula is C19H23N5O4. The van der Waals surface area contributed by atoms with Gasteiger partial charge in [-0.1, -0.05) is 6.92 Å². The number of carbonyl (C=O) groups excluding carboxylic acids is 3. The van der Waals surface area contributed by atoms with Gasteiger partial charge in [-0.3, -0.25) is 23.7 Å². The van der Waals surface area contributed by atoms with Crippen molar-refractivity contribution < 1.29 is 14.4 Å². The first-order chi connectivity index (χ1) is 13.4. The summed E-state index contributed by atoms with van der Waals surface area (Å²) < 4.78 is 1.21. The third-order valence-electron chi connectivity index (χ3n) is 3.81. The van der Waals surface area contributed by atoms with E-state index < -0.39 is 0 Å². The highest BCUT2D eigenvalue weighted by atomic mass is 16.2. The van der Waals surface area contributed by atoms with Gasteiger partial charge in [0.05, 0.1) is 6.33 Å². The lowest BCUT2D eigenvalue weighted by molar-refractivity contribution is -0.121. The Balaban J connectivity index is 1.73. The molecule has 0 saturated carbocycles. The molecule has 0 radical (unpaired) electrons. The second-order valence-corrected chi connectivity index (χ2v) is 6.08. The van der Waals surface area contributed by atoms with Gasteiger partial charge in [0.25, 0.3) is 11.5 Å². The van der Waals surface area contributed by atoms with E-state index in [9.17, 15) is 19.2 Å². The maximum atomic E-state index is 12.1. The molecule has 2 rings (SSSR count). The molecule has 0 atom stereocenters. The number of hydrogen-bond acceptors (Lipinski definition) is 5. The van der Waals surface area contributed by atoms with E-state index in [0.717, 1.165) is 0 Å². The van der Waals surface area contributed by atoms with Gasteiger partial charge >= 0.3 is 0 Å². The zero-order valence-corrected chi connectivity index (χ0v) is 15.8. The molecule has 9 nitrogen and oxygen atoms in total. The van der Waals surface area contributed by atoms with Gasteiger partial charge in [0.2, 0.25) is 11.8 Å². The summed E-state index contributed by atoms with van der Waals surface area (Å²) in [6.45, 7) is 3.78. The van der Waals surface area contributed by atoms with Gasteiger partial charge in [0.1, 0.15) is 6.54 Å². The van der Waals surface area contributed by atoms with Crippen LogP contribution in [0.25, 0.3) is 0 Å². The maximum Gasteiger partial charge on any atom is 0.253 e. The minimum absolute atomic E-state index is 0.100. The lowest BCUT2D eigenvalue weighted by atomic mass is 10.2. The Morgan fingerprint density at radius 3 is 2.36 bits per heavy atom. The number of carbonyl (C=O) groups is 3. The van der Waals surface area contributed by atoms with Crippen LogP contribution in [0.15, 0.2) is 41.5 Å². The molecule has 1 heterocycles. The topological polar surface area (TPSA) is 122 Å². The third-order valence-corrected chi connectivity index (χ3v) is 3.81. The van der Waals surface area contributed by atoms with Crippen LogP contribution in [-0.2, 0) is 16.1 Å². The minimum atomic E-state index is -0.349. The number of hydrogen-bond donors (Lipinski definition) is 3. The lowest BCUT2D eigenvalue weighted by Gasteiger charge is -2.09. The van der Waals surface area contributed by atoms with Crippen LogP contribution in [-0.4, -0.2) is 40.4 Å². The molecule has 28 heavy (non-hydrogen) atoms. The third kappa shape index (κ3) is 6.35. The fraction of sp³-hybridized carbons (Fsp3) is 0.316.